The fourth-order valence-corrected chi connectivity index (χ4v) is 7.03. The summed E-state index contributed by atoms with van der Waals surface area (Å²) in [4.78, 5) is 37.9. The number of carbonyl (C=O) groups is 3. The summed E-state index contributed by atoms with van der Waals surface area (Å²) < 4.78 is 16.8. The third-order valence-electron chi connectivity index (χ3n) is 11.0. The van der Waals surface area contributed by atoms with Crippen LogP contribution >= 0.6 is 0 Å². The van der Waals surface area contributed by atoms with E-state index in [-0.39, 0.29) is 31.1 Å². The SMILES string of the molecule is CCCCC\C=C/C=C\C=C/C=C\CCCCCCCC(=O)OCC(COC(=O)CCCCCCC/C=C\CCCCC)OC(=O)CCCCC/C=C\CCCCCCCCC. The van der Waals surface area contributed by atoms with Gasteiger partial charge in [0, 0.05) is 19.3 Å². The van der Waals surface area contributed by atoms with Crippen molar-refractivity contribution >= 4 is 17.9 Å². The molecule has 1 atom stereocenters. The molecule has 0 heterocycles. The van der Waals surface area contributed by atoms with Crippen LogP contribution < -0.4 is 0 Å². The molecule has 0 aromatic carbocycles. The molecule has 0 saturated carbocycles. The number of hydrogen-bond donors (Lipinski definition) is 0. The molecule has 0 fully saturated rings. The van der Waals surface area contributed by atoms with Crippen LogP contribution in [0.25, 0.3) is 0 Å². The first-order valence-corrected chi connectivity index (χ1v) is 26.0. The van der Waals surface area contributed by atoms with Crippen LogP contribution in [0, 0.1) is 0 Å². The highest BCUT2D eigenvalue weighted by atomic mass is 16.6. The Kier molecular flexibility index (Phi) is 47.9. The molecule has 0 rings (SSSR count). The summed E-state index contributed by atoms with van der Waals surface area (Å²) in [5, 5.41) is 0. The number of hydrogen-bond acceptors (Lipinski definition) is 6. The van der Waals surface area contributed by atoms with Gasteiger partial charge in [-0.2, -0.15) is 0 Å². The molecule has 0 amide bonds. The first kappa shape index (κ1) is 58.9. The quantitative estimate of drug-likeness (QED) is 0.0199. The van der Waals surface area contributed by atoms with Gasteiger partial charge in [-0.3, -0.25) is 14.4 Å². The van der Waals surface area contributed by atoms with Crippen LogP contribution in [0.4, 0.5) is 0 Å². The van der Waals surface area contributed by atoms with Crippen molar-refractivity contribution < 1.29 is 28.6 Å². The van der Waals surface area contributed by atoms with Crippen molar-refractivity contribution in [1.82, 2.24) is 0 Å². The normalized spacial score (nSPS) is 12.6. The second-order valence-electron chi connectivity index (χ2n) is 17.2. The topological polar surface area (TPSA) is 78.9 Å². The highest BCUT2D eigenvalue weighted by molar-refractivity contribution is 5.71. The van der Waals surface area contributed by atoms with E-state index in [1.807, 2.05) is 0 Å². The fraction of sp³-hybridized carbons (Fsp3) is 0.732. The van der Waals surface area contributed by atoms with E-state index in [1.54, 1.807) is 0 Å². The molecule has 62 heavy (non-hydrogen) atoms. The molecule has 0 bridgehead atoms. The molecule has 0 aromatic rings. The van der Waals surface area contributed by atoms with Gasteiger partial charge in [0.15, 0.2) is 6.10 Å². The van der Waals surface area contributed by atoms with Crippen LogP contribution in [0.3, 0.4) is 0 Å². The van der Waals surface area contributed by atoms with Gasteiger partial charge in [-0.25, -0.2) is 0 Å². The molecule has 0 radical (unpaired) electrons. The lowest BCUT2D eigenvalue weighted by molar-refractivity contribution is -0.167. The molecule has 0 aliphatic heterocycles. The number of unbranched alkanes of at least 4 members (excludes halogenated alkanes) is 26. The zero-order valence-corrected chi connectivity index (χ0v) is 40.6. The van der Waals surface area contributed by atoms with Gasteiger partial charge in [0.2, 0.25) is 0 Å². The summed E-state index contributed by atoms with van der Waals surface area (Å²) in [6, 6.07) is 0. The second kappa shape index (κ2) is 50.5. The molecule has 0 aromatic heterocycles. The third kappa shape index (κ3) is 47.9. The van der Waals surface area contributed by atoms with E-state index < -0.39 is 6.10 Å². The summed E-state index contributed by atoms with van der Waals surface area (Å²) in [5.74, 6) is -0.941. The van der Waals surface area contributed by atoms with E-state index in [2.05, 4.69) is 93.7 Å². The molecule has 0 spiro atoms. The summed E-state index contributed by atoms with van der Waals surface area (Å²) in [6.07, 6.45) is 63.0. The van der Waals surface area contributed by atoms with Crippen molar-refractivity contribution in [2.24, 2.45) is 0 Å². The predicted molar refractivity (Wildman–Crippen MR) is 265 cm³/mol. The van der Waals surface area contributed by atoms with Gasteiger partial charge in [-0.15, -0.1) is 0 Å². The van der Waals surface area contributed by atoms with Gasteiger partial charge in [0.1, 0.15) is 13.2 Å². The minimum absolute atomic E-state index is 0.0938. The van der Waals surface area contributed by atoms with Crippen LogP contribution in [0.5, 0.6) is 0 Å². The van der Waals surface area contributed by atoms with Gasteiger partial charge in [-0.1, -0.05) is 203 Å². The number of rotatable bonds is 46. The molecule has 0 aliphatic carbocycles. The number of allylic oxidation sites excluding steroid dienone is 12. The highest BCUT2D eigenvalue weighted by Gasteiger charge is 2.19. The molecule has 356 valence electrons. The third-order valence-corrected chi connectivity index (χ3v) is 11.0. The van der Waals surface area contributed by atoms with Crippen LogP contribution in [-0.2, 0) is 28.6 Å². The highest BCUT2D eigenvalue weighted by Crippen LogP contribution is 2.13. The van der Waals surface area contributed by atoms with Crippen molar-refractivity contribution in [3.63, 3.8) is 0 Å². The van der Waals surface area contributed by atoms with E-state index in [1.165, 1.54) is 103 Å². The molecular formula is C56H96O6. The molecule has 1 unspecified atom stereocenters. The molecule has 0 saturated heterocycles. The van der Waals surface area contributed by atoms with E-state index >= 15 is 0 Å². The second-order valence-corrected chi connectivity index (χ2v) is 17.2. The lowest BCUT2D eigenvalue weighted by atomic mass is 10.1. The van der Waals surface area contributed by atoms with Crippen molar-refractivity contribution in [2.75, 3.05) is 13.2 Å². The molecular weight excluding hydrogens is 769 g/mol. The van der Waals surface area contributed by atoms with E-state index in [4.69, 9.17) is 14.2 Å². The van der Waals surface area contributed by atoms with Crippen molar-refractivity contribution in [3.8, 4) is 0 Å². The van der Waals surface area contributed by atoms with Crippen LogP contribution in [0.1, 0.15) is 245 Å². The average molecular weight is 865 g/mol. The smallest absolute Gasteiger partial charge is 0.306 e. The Labute approximate surface area is 382 Å². The number of ether oxygens (including phenoxy) is 3. The molecule has 6 nitrogen and oxygen atoms in total. The molecule has 0 N–H and O–H groups in total. The Morgan fingerprint density at radius 3 is 1.00 bits per heavy atom. The van der Waals surface area contributed by atoms with E-state index in [0.29, 0.717) is 19.3 Å². The number of esters is 3. The minimum atomic E-state index is -0.795. The first-order valence-electron chi connectivity index (χ1n) is 26.0. The van der Waals surface area contributed by atoms with E-state index in [0.717, 1.165) is 103 Å². The summed E-state index contributed by atoms with van der Waals surface area (Å²) in [6.45, 7) is 6.53. The maximum absolute atomic E-state index is 12.8. The van der Waals surface area contributed by atoms with Crippen LogP contribution in [-0.4, -0.2) is 37.2 Å². The summed E-state index contributed by atoms with van der Waals surface area (Å²) >= 11 is 0. The lowest BCUT2D eigenvalue weighted by Gasteiger charge is -2.18. The maximum atomic E-state index is 12.8. The zero-order chi connectivity index (χ0) is 45.1. The van der Waals surface area contributed by atoms with Gasteiger partial charge >= 0.3 is 17.9 Å². The Morgan fingerprint density at radius 2 is 0.597 bits per heavy atom. The van der Waals surface area contributed by atoms with Crippen LogP contribution in [0.15, 0.2) is 72.9 Å². The van der Waals surface area contributed by atoms with Crippen molar-refractivity contribution in [2.45, 2.75) is 252 Å². The minimum Gasteiger partial charge on any atom is -0.462 e. The largest absolute Gasteiger partial charge is 0.462 e. The molecule has 0 aliphatic rings. The zero-order valence-electron chi connectivity index (χ0n) is 40.6. The Balaban J connectivity index is 4.45. The van der Waals surface area contributed by atoms with Crippen molar-refractivity contribution in [1.29, 1.82) is 0 Å². The van der Waals surface area contributed by atoms with Crippen LogP contribution in [0.2, 0.25) is 0 Å². The standard InChI is InChI=1S/C56H96O6/c1-4-7-10-13-16-19-22-25-27-28-29-30-32-34-37-40-43-46-49-55(58)61-52-53(51-60-54(57)48-45-42-39-36-33-24-21-18-15-12-9-6-3)62-56(59)50-47-44-41-38-35-31-26-23-20-17-14-11-8-5-2/h16,18-19,21-22,25,27-31,35,53H,4-15,17,20,23-24,26,32-34,36-52H2,1-3H3/b19-16-,21-18-,25-22-,28-27-,30-29-,35-31-. The Morgan fingerprint density at radius 1 is 0.323 bits per heavy atom. The first-order chi connectivity index (χ1) is 30.5. The van der Waals surface area contributed by atoms with Crippen molar-refractivity contribution in [3.05, 3.63) is 72.9 Å². The Hall–Kier alpha value is -3.15. The van der Waals surface area contributed by atoms with Gasteiger partial charge in [-0.05, 0) is 96.3 Å². The van der Waals surface area contributed by atoms with Gasteiger partial charge in [0.05, 0.1) is 0 Å². The maximum Gasteiger partial charge on any atom is 0.306 e. The summed E-state index contributed by atoms with van der Waals surface area (Å²) in [5.41, 5.74) is 0. The Bertz CT molecular complexity index is 1180. The van der Waals surface area contributed by atoms with E-state index in [9.17, 15) is 14.4 Å². The monoisotopic (exact) mass is 865 g/mol. The van der Waals surface area contributed by atoms with Gasteiger partial charge < -0.3 is 14.2 Å². The molecule has 6 heteroatoms. The number of carbonyl (C=O) groups excluding carboxylic acids is 3. The lowest BCUT2D eigenvalue weighted by Crippen LogP contribution is -2.30. The predicted octanol–water partition coefficient (Wildman–Crippen LogP) is 17.0. The fourth-order valence-electron chi connectivity index (χ4n) is 7.03. The summed E-state index contributed by atoms with van der Waals surface area (Å²) in [7, 11) is 0. The average Bonchev–Trinajstić information content (AvgIpc) is 3.27. The van der Waals surface area contributed by atoms with Gasteiger partial charge in [0.25, 0.3) is 0 Å².